The van der Waals surface area contributed by atoms with E-state index in [0.29, 0.717) is 11.4 Å². The van der Waals surface area contributed by atoms with Gasteiger partial charge in [0.25, 0.3) is 0 Å². The molecule has 1 aromatic rings. The van der Waals surface area contributed by atoms with Gasteiger partial charge in [0.2, 0.25) is 0 Å². The molecule has 0 saturated carbocycles. The predicted octanol–water partition coefficient (Wildman–Crippen LogP) is -3.14. The maximum Gasteiger partial charge on any atom is 1.00 e. The van der Waals surface area contributed by atoms with E-state index >= 15 is 0 Å². The molecule has 0 fully saturated rings. The molecule has 0 heterocycles. The molecule has 0 radical (unpaired) electrons. The Kier molecular flexibility index (Phi) is 9.66. The molecule has 21 heavy (non-hydrogen) atoms. The van der Waals surface area contributed by atoms with E-state index in [-0.39, 0.29) is 36.1 Å². The molecular formula is C9H14AsN3NaO6S+. The summed E-state index contributed by atoms with van der Waals surface area (Å²) in [6.45, 7) is 0.00606. The van der Waals surface area contributed by atoms with Crippen LogP contribution in [0.3, 0.4) is 0 Å². The molecule has 0 amide bonds. The van der Waals surface area contributed by atoms with Gasteiger partial charge in [0, 0.05) is 0 Å². The molecule has 1 rings (SSSR count). The Morgan fingerprint density at radius 2 is 1.86 bits per heavy atom. The number of rotatable bonds is 7. The standard InChI is InChI=1S/C9H14AsN3O6S.Na/c1-13(6-7-20(16,17)18)12-11-8-2-4-9(5-3-8)19-10(14)15;/h2-5,14-15H,6-7H2,1H3,(H,16,17,18);/q;+1. The van der Waals surface area contributed by atoms with Gasteiger partial charge in [0.15, 0.2) is 0 Å². The SMILES string of the molecule is CN(CCS(=O)(=O)O)N=Nc1ccc(O[As](O)O)cc1.[Na+]. The second kappa shape index (κ2) is 9.75. The molecular weight excluding hydrogens is 376 g/mol. The van der Waals surface area contributed by atoms with Crippen LogP contribution in [0.25, 0.3) is 0 Å². The fraction of sp³-hybridized carbons (Fsp3) is 0.333. The first-order chi connectivity index (χ1) is 9.26. The van der Waals surface area contributed by atoms with Gasteiger partial charge in [-0.2, -0.15) is 0 Å². The Morgan fingerprint density at radius 1 is 1.29 bits per heavy atom. The van der Waals surface area contributed by atoms with Crippen LogP contribution in [-0.4, -0.2) is 61.2 Å². The molecule has 0 aliphatic carbocycles. The van der Waals surface area contributed by atoms with Crippen molar-refractivity contribution in [1.82, 2.24) is 5.01 Å². The molecule has 1 aromatic carbocycles. The molecule has 0 aliphatic rings. The molecule has 0 aromatic heterocycles. The molecule has 3 N–H and O–H groups in total. The minimum absolute atomic E-state index is 0. The number of benzene rings is 1. The van der Waals surface area contributed by atoms with Crippen molar-refractivity contribution in [1.29, 1.82) is 0 Å². The van der Waals surface area contributed by atoms with Gasteiger partial charge in [-0.25, -0.2) is 0 Å². The summed E-state index contributed by atoms with van der Waals surface area (Å²) >= 11 is -3.17. The molecule has 9 nitrogen and oxygen atoms in total. The molecule has 0 aliphatic heterocycles. The van der Waals surface area contributed by atoms with Crippen LogP contribution in [-0.2, 0) is 10.1 Å². The Labute approximate surface area is 150 Å². The van der Waals surface area contributed by atoms with E-state index in [1.165, 1.54) is 24.2 Å². The van der Waals surface area contributed by atoms with Gasteiger partial charge in [-0.05, 0) is 0 Å². The van der Waals surface area contributed by atoms with Crippen molar-refractivity contribution in [2.45, 2.75) is 0 Å². The van der Waals surface area contributed by atoms with Crippen molar-refractivity contribution < 1.29 is 54.4 Å². The van der Waals surface area contributed by atoms with E-state index in [4.69, 9.17) is 16.5 Å². The van der Waals surface area contributed by atoms with Crippen molar-refractivity contribution in [3.63, 3.8) is 0 Å². The monoisotopic (exact) mass is 390 g/mol. The minimum atomic E-state index is -4.02. The maximum atomic E-state index is 10.5. The zero-order valence-electron chi connectivity index (χ0n) is 11.5. The average molecular weight is 390 g/mol. The number of nitrogens with zero attached hydrogens (tertiary/aromatic N) is 3. The maximum absolute atomic E-state index is 10.5. The third kappa shape index (κ3) is 10.2. The first-order valence-electron chi connectivity index (χ1n) is 5.30. The molecule has 0 bridgehead atoms. The summed E-state index contributed by atoms with van der Waals surface area (Å²) in [6, 6.07) is 6.10. The van der Waals surface area contributed by atoms with Crippen molar-refractivity contribution >= 4 is 31.5 Å². The average Bonchev–Trinajstić information content (AvgIpc) is 2.34. The fourth-order valence-electron chi connectivity index (χ4n) is 1.09. The van der Waals surface area contributed by atoms with Gasteiger partial charge in [-0.15, -0.1) is 0 Å². The third-order valence-corrected chi connectivity index (χ3v) is 3.49. The quantitative estimate of drug-likeness (QED) is 0.194. The van der Waals surface area contributed by atoms with Crippen molar-refractivity contribution in [2.75, 3.05) is 19.3 Å². The smallest absolute Gasteiger partial charge is 1.00 e. The van der Waals surface area contributed by atoms with Gasteiger partial charge in [-0.1, -0.05) is 0 Å². The van der Waals surface area contributed by atoms with E-state index in [9.17, 15) is 8.42 Å². The van der Waals surface area contributed by atoms with Gasteiger partial charge < -0.3 is 0 Å². The molecule has 0 atom stereocenters. The van der Waals surface area contributed by atoms with Crippen LogP contribution < -0.4 is 33.3 Å². The third-order valence-electron chi connectivity index (χ3n) is 2.01. The van der Waals surface area contributed by atoms with Crippen LogP contribution >= 0.6 is 0 Å². The summed E-state index contributed by atoms with van der Waals surface area (Å²) < 4.78 is 51.9. The van der Waals surface area contributed by atoms with Gasteiger partial charge in [-0.3, -0.25) is 0 Å². The summed E-state index contributed by atoms with van der Waals surface area (Å²) in [7, 11) is -2.51. The van der Waals surface area contributed by atoms with Crippen molar-refractivity contribution in [3.8, 4) is 5.75 Å². The van der Waals surface area contributed by atoms with E-state index in [2.05, 4.69) is 10.3 Å². The second-order valence-electron chi connectivity index (χ2n) is 3.69. The summed E-state index contributed by atoms with van der Waals surface area (Å²) in [5.41, 5.74) is 0.478. The van der Waals surface area contributed by atoms with Crippen molar-refractivity contribution in [3.05, 3.63) is 24.3 Å². The van der Waals surface area contributed by atoms with E-state index in [0.717, 1.165) is 0 Å². The molecule has 112 valence electrons. The normalized spacial score (nSPS) is 11.5. The summed E-state index contributed by atoms with van der Waals surface area (Å²) in [5.74, 6) is -0.122. The molecule has 0 spiro atoms. The van der Waals surface area contributed by atoms with Crippen LogP contribution in [0.5, 0.6) is 5.75 Å². The number of hydrogen-bond donors (Lipinski definition) is 3. The van der Waals surface area contributed by atoms with Gasteiger partial charge in [0.05, 0.1) is 0 Å². The zero-order chi connectivity index (χ0) is 15.2. The van der Waals surface area contributed by atoms with Crippen LogP contribution in [0.15, 0.2) is 34.6 Å². The molecule has 12 heteroatoms. The van der Waals surface area contributed by atoms with Gasteiger partial charge >= 0.3 is 151 Å². The first-order valence-corrected chi connectivity index (χ1v) is 9.35. The van der Waals surface area contributed by atoms with Crippen LogP contribution in [0.1, 0.15) is 0 Å². The van der Waals surface area contributed by atoms with Crippen LogP contribution in [0, 0.1) is 0 Å². The van der Waals surface area contributed by atoms with Gasteiger partial charge in [0.1, 0.15) is 0 Å². The van der Waals surface area contributed by atoms with E-state index in [1.54, 1.807) is 12.1 Å². The predicted molar refractivity (Wildman–Crippen MR) is 70.8 cm³/mol. The van der Waals surface area contributed by atoms with E-state index < -0.39 is 31.5 Å². The van der Waals surface area contributed by atoms with E-state index in [1.807, 2.05) is 0 Å². The van der Waals surface area contributed by atoms with Crippen LogP contribution in [0.4, 0.5) is 5.69 Å². The Hall–Kier alpha value is -0.192. The number of hydrogen-bond acceptors (Lipinski definition) is 7. The van der Waals surface area contributed by atoms with Crippen LogP contribution in [0.2, 0.25) is 0 Å². The molecule has 0 unspecified atom stereocenters. The second-order valence-corrected chi connectivity index (χ2v) is 6.71. The minimum Gasteiger partial charge on any atom is 1.00 e. The Bertz CT molecular complexity index is 553. The fourth-order valence-corrected chi connectivity index (χ4v) is 2.23. The van der Waals surface area contributed by atoms with Crippen molar-refractivity contribution in [2.24, 2.45) is 10.3 Å². The molecule has 0 saturated heterocycles. The Balaban J connectivity index is 0.00000400. The largest absolute Gasteiger partial charge is 1.00 e. The first kappa shape index (κ1) is 20.8. The Morgan fingerprint density at radius 3 is 2.33 bits per heavy atom. The summed E-state index contributed by atoms with van der Waals surface area (Å²) in [6.07, 6.45) is 0. The topological polar surface area (TPSA) is 132 Å². The summed E-state index contributed by atoms with van der Waals surface area (Å²) in [4.78, 5) is 0. The summed E-state index contributed by atoms with van der Waals surface area (Å²) in [5, 5.41) is 8.84. The zero-order valence-corrected chi connectivity index (χ0v) is 16.2.